The molecule has 154 valence electrons. The van der Waals surface area contributed by atoms with E-state index < -0.39 is 0 Å². The highest BCUT2D eigenvalue weighted by Gasteiger charge is 2.20. The van der Waals surface area contributed by atoms with Gasteiger partial charge in [0.25, 0.3) is 0 Å². The van der Waals surface area contributed by atoms with E-state index in [9.17, 15) is 0 Å². The molecule has 2 heterocycles. The first-order valence-corrected chi connectivity index (χ1v) is 11.1. The lowest BCUT2D eigenvalue weighted by atomic mass is 9.96. The van der Waals surface area contributed by atoms with Crippen molar-refractivity contribution in [2.45, 2.75) is 45.1 Å². The second-order valence-electron chi connectivity index (χ2n) is 7.93. The standard InChI is InChI=1S/C22H30N6S/c1-17-16-20(28-14-12-27(13-15-28)19-10-6-3-7-11-19)25-21(23-17)26-22(29)24-18-8-4-2-5-9-18/h3,6-7,10-11,16,18H,2,4-5,8-9,12-15H2,1H3,(H2,23,24,25,26,29). The molecular weight excluding hydrogens is 380 g/mol. The van der Waals surface area contributed by atoms with E-state index in [1.807, 2.05) is 6.92 Å². The Labute approximate surface area is 178 Å². The van der Waals surface area contributed by atoms with Gasteiger partial charge in [-0.25, -0.2) is 4.98 Å². The predicted molar refractivity (Wildman–Crippen MR) is 124 cm³/mol. The highest BCUT2D eigenvalue weighted by Crippen LogP contribution is 2.21. The Morgan fingerprint density at radius 2 is 1.66 bits per heavy atom. The second-order valence-corrected chi connectivity index (χ2v) is 8.34. The lowest BCUT2D eigenvalue weighted by molar-refractivity contribution is 0.414. The molecule has 0 amide bonds. The summed E-state index contributed by atoms with van der Waals surface area (Å²) in [5.41, 5.74) is 2.23. The first-order valence-electron chi connectivity index (χ1n) is 10.7. The van der Waals surface area contributed by atoms with Crippen molar-refractivity contribution in [2.24, 2.45) is 0 Å². The normalized spacial score (nSPS) is 17.8. The van der Waals surface area contributed by atoms with Crippen molar-refractivity contribution in [1.82, 2.24) is 15.3 Å². The van der Waals surface area contributed by atoms with Crippen molar-refractivity contribution in [2.75, 3.05) is 41.3 Å². The fourth-order valence-corrected chi connectivity index (χ4v) is 4.43. The third-order valence-electron chi connectivity index (χ3n) is 5.73. The lowest BCUT2D eigenvalue weighted by Crippen LogP contribution is -2.47. The lowest BCUT2D eigenvalue weighted by Gasteiger charge is -2.36. The molecule has 1 aliphatic heterocycles. The summed E-state index contributed by atoms with van der Waals surface area (Å²) in [5.74, 6) is 1.55. The molecule has 0 radical (unpaired) electrons. The van der Waals surface area contributed by atoms with E-state index in [2.05, 4.69) is 61.8 Å². The zero-order valence-electron chi connectivity index (χ0n) is 17.1. The molecule has 2 aromatic rings. The summed E-state index contributed by atoms with van der Waals surface area (Å²) >= 11 is 5.51. The minimum absolute atomic E-state index is 0.471. The number of hydrogen-bond acceptors (Lipinski definition) is 5. The van der Waals surface area contributed by atoms with Gasteiger partial charge in [0, 0.05) is 49.7 Å². The number of aromatic nitrogens is 2. The first kappa shape index (κ1) is 19.9. The molecule has 1 saturated heterocycles. The number of thiocarbonyl (C=S) groups is 1. The number of aryl methyl sites for hydroxylation is 1. The zero-order chi connectivity index (χ0) is 20.1. The third kappa shape index (κ3) is 5.35. The van der Waals surface area contributed by atoms with Gasteiger partial charge in [0.1, 0.15) is 5.82 Å². The van der Waals surface area contributed by atoms with Crippen LogP contribution in [-0.4, -0.2) is 47.3 Å². The van der Waals surface area contributed by atoms with Crippen molar-refractivity contribution in [3.05, 3.63) is 42.1 Å². The van der Waals surface area contributed by atoms with Gasteiger partial charge >= 0.3 is 0 Å². The average Bonchev–Trinajstić information content (AvgIpc) is 2.75. The number of rotatable bonds is 4. The molecule has 29 heavy (non-hydrogen) atoms. The van der Waals surface area contributed by atoms with Crippen LogP contribution in [0.15, 0.2) is 36.4 Å². The van der Waals surface area contributed by atoms with Gasteiger partial charge in [-0.1, -0.05) is 37.5 Å². The van der Waals surface area contributed by atoms with E-state index in [0.717, 1.165) is 37.7 Å². The van der Waals surface area contributed by atoms with Crippen LogP contribution < -0.4 is 20.4 Å². The fourth-order valence-electron chi connectivity index (χ4n) is 4.17. The molecule has 2 fully saturated rings. The van der Waals surface area contributed by atoms with Crippen molar-refractivity contribution in [3.8, 4) is 0 Å². The van der Waals surface area contributed by atoms with E-state index in [1.165, 1.54) is 37.8 Å². The number of anilines is 3. The zero-order valence-corrected chi connectivity index (χ0v) is 17.9. The summed E-state index contributed by atoms with van der Waals surface area (Å²) in [5, 5.41) is 7.26. The maximum absolute atomic E-state index is 5.51. The molecule has 1 aliphatic carbocycles. The van der Waals surface area contributed by atoms with Gasteiger partial charge in [0.05, 0.1) is 0 Å². The molecule has 4 rings (SSSR count). The van der Waals surface area contributed by atoms with E-state index in [0.29, 0.717) is 17.1 Å². The number of nitrogens with zero attached hydrogens (tertiary/aromatic N) is 4. The van der Waals surface area contributed by atoms with Crippen molar-refractivity contribution < 1.29 is 0 Å². The smallest absolute Gasteiger partial charge is 0.231 e. The second kappa shape index (κ2) is 9.39. The summed E-state index contributed by atoms with van der Waals surface area (Å²) in [6.07, 6.45) is 6.27. The Morgan fingerprint density at radius 1 is 0.966 bits per heavy atom. The van der Waals surface area contributed by atoms with Gasteiger partial charge in [-0.15, -0.1) is 0 Å². The van der Waals surface area contributed by atoms with Crippen molar-refractivity contribution in [1.29, 1.82) is 0 Å². The van der Waals surface area contributed by atoms with Gasteiger partial charge in [0.15, 0.2) is 5.11 Å². The van der Waals surface area contributed by atoms with Gasteiger partial charge in [-0.3, -0.25) is 0 Å². The summed E-state index contributed by atoms with van der Waals surface area (Å²) in [4.78, 5) is 14.0. The number of para-hydroxylation sites is 1. The van der Waals surface area contributed by atoms with Gasteiger partial charge in [-0.05, 0) is 44.1 Å². The van der Waals surface area contributed by atoms with Crippen LogP contribution in [0.3, 0.4) is 0 Å². The van der Waals surface area contributed by atoms with Gasteiger partial charge < -0.3 is 20.4 Å². The summed E-state index contributed by atoms with van der Waals surface area (Å²) in [6, 6.07) is 13.1. The summed E-state index contributed by atoms with van der Waals surface area (Å²) < 4.78 is 0. The van der Waals surface area contributed by atoms with Crippen LogP contribution in [0.4, 0.5) is 17.5 Å². The number of nitrogens with one attached hydrogen (secondary N) is 2. The number of hydrogen-bond donors (Lipinski definition) is 2. The minimum Gasteiger partial charge on any atom is -0.368 e. The number of piperazine rings is 1. The molecule has 7 heteroatoms. The summed E-state index contributed by atoms with van der Waals surface area (Å²) in [7, 11) is 0. The molecule has 0 bridgehead atoms. The molecule has 1 aromatic carbocycles. The molecule has 0 unspecified atom stereocenters. The van der Waals surface area contributed by atoms with Crippen LogP contribution in [0.5, 0.6) is 0 Å². The Kier molecular flexibility index (Phi) is 6.44. The Bertz CT molecular complexity index is 813. The maximum atomic E-state index is 5.51. The van der Waals surface area contributed by atoms with Crippen LogP contribution in [0, 0.1) is 6.92 Å². The minimum atomic E-state index is 0.471. The molecule has 2 N–H and O–H groups in total. The fraction of sp³-hybridized carbons (Fsp3) is 0.500. The van der Waals surface area contributed by atoms with E-state index >= 15 is 0 Å². The molecule has 1 aromatic heterocycles. The predicted octanol–water partition coefficient (Wildman–Crippen LogP) is 3.73. The number of benzene rings is 1. The third-order valence-corrected chi connectivity index (χ3v) is 5.95. The Balaban J connectivity index is 1.36. The van der Waals surface area contributed by atoms with Crippen molar-refractivity contribution >= 4 is 34.8 Å². The van der Waals surface area contributed by atoms with E-state index in [1.54, 1.807) is 0 Å². The van der Waals surface area contributed by atoms with Crippen molar-refractivity contribution in [3.63, 3.8) is 0 Å². The highest BCUT2D eigenvalue weighted by atomic mass is 32.1. The maximum Gasteiger partial charge on any atom is 0.231 e. The van der Waals surface area contributed by atoms with E-state index in [4.69, 9.17) is 17.2 Å². The van der Waals surface area contributed by atoms with Gasteiger partial charge in [0.2, 0.25) is 5.95 Å². The highest BCUT2D eigenvalue weighted by molar-refractivity contribution is 7.80. The van der Waals surface area contributed by atoms with Crippen LogP contribution in [0.25, 0.3) is 0 Å². The summed E-state index contributed by atoms with van der Waals surface area (Å²) in [6.45, 7) is 5.86. The molecule has 6 nitrogen and oxygen atoms in total. The molecule has 2 aliphatic rings. The van der Waals surface area contributed by atoms with Crippen LogP contribution in [0.2, 0.25) is 0 Å². The Morgan fingerprint density at radius 3 is 2.38 bits per heavy atom. The van der Waals surface area contributed by atoms with Gasteiger partial charge in [-0.2, -0.15) is 4.98 Å². The molecule has 1 saturated carbocycles. The molecular formula is C22H30N6S. The average molecular weight is 411 g/mol. The first-order chi connectivity index (χ1) is 14.2. The Hall–Kier alpha value is -2.41. The van der Waals surface area contributed by atoms with E-state index in [-0.39, 0.29) is 0 Å². The quantitative estimate of drug-likeness (QED) is 0.745. The van der Waals surface area contributed by atoms with Crippen LogP contribution in [0.1, 0.15) is 37.8 Å². The molecule has 0 spiro atoms. The molecule has 0 atom stereocenters. The SMILES string of the molecule is Cc1cc(N2CCN(c3ccccc3)CC2)nc(NC(=S)NC2CCCCC2)n1. The topological polar surface area (TPSA) is 56.3 Å². The van der Waals surface area contributed by atoms with Crippen LogP contribution in [-0.2, 0) is 0 Å². The van der Waals surface area contributed by atoms with Crippen LogP contribution >= 0.6 is 12.2 Å². The largest absolute Gasteiger partial charge is 0.368 e. The monoisotopic (exact) mass is 410 g/mol.